The molecule has 7 heteroatoms. The molecule has 0 fully saturated rings. The van der Waals surface area contributed by atoms with Gasteiger partial charge in [-0.3, -0.25) is 9.59 Å². The molecule has 1 atom stereocenters. The first-order valence-corrected chi connectivity index (χ1v) is 9.02. The second kappa shape index (κ2) is 9.57. The van der Waals surface area contributed by atoms with E-state index in [0.29, 0.717) is 27.8 Å². The standard InChI is InChI=1S/C19H21Cl2N3O2/c1-3-22-19(26)13-5-4-6-15(9-13)24-18(25)11-23-12(2)16-8-7-14(20)10-17(16)21/h4-10,12,23H,3,11H2,1-2H3,(H,22,26)(H,24,25). The Morgan fingerprint density at radius 2 is 1.88 bits per heavy atom. The maximum absolute atomic E-state index is 12.2. The van der Waals surface area contributed by atoms with Crippen molar-refractivity contribution >= 4 is 40.7 Å². The van der Waals surface area contributed by atoms with Crippen molar-refractivity contribution in [2.75, 3.05) is 18.4 Å². The molecule has 2 amide bonds. The molecule has 2 aromatic rings. The van der Waals surface area contributed by atoms with E-state index in [1.165, 1.54) is 0 Å². The Labute approximate surface area is 163 Å². The Hall–Kier alpha value is -2.08. The summed E-state index contributed by atoms with van der Waals surface area (Å²) < 4.78 is 0. The SMILES string of the molecule is CCNC(=O)c1cccc(NC(=O)CNC(C)c2ccc(Cl)cc2Cl)c1. The highest BCUT2D eigenvalue weighted by Gasteiger charge is 2.12. The minimum absolute atomic E-state index is 0.103. The summed E-state index contributed by atoms with van der Waals surface area (Å²) in [4.78, 5) is 24.0. The molecule has 2 aromatic carbocycles. The van der Waals surface area contributed by atoms with Crippen LogP contribution in [0.1, 0.15) is 35.8 Å². The van der Waals surface area contributed by atoms with Gasteiger partial charge in [-0.15, -0.1) is 0 Å². The van der Waals surface area contributed by atoms with Crippen molar-refractivity contribution < 1.29 is 9.59 Å². The van der Waals surface area contributed by atoms with Crippen molar-refractivity contribution in [2.24, 2.45) is 0 Å². The van der Waals surface area contributed by atoms with Crippen molar-refractivity contribution in [2.45, 2.75) is 19.9 Å². The number of benzene rings is 2. The van der Waals surface area contributed by atoms with Gasteiger partial charge in [0.2, 0.25) is 5.91 Å². The molecular weight excluding hydrogens is 373 g/mol. The van der Waals surface area contributed by atoms with E-state index in [-0.39, 0.29) is 24.4 Å². The quantitative estimate of drug-likeness (QED) is 0.664. The molecule has 0 aromatic heterocycles. The molecule has 5 nitrogen and oxygen atoms in total. The first kappa shape index (κ1) is 20.2. The molecule has 0 spiro atoms. The lowest BCUT2D eigenvalue weighted by Gasteiger charge is -2.16. The van der Waals surface area contributed by atoms with Gasteiger partial charge < -0.3 is 16.0 Å². The van der Waals surface area contributed by atoms with Crippen LogP contribution in [-0.4, -0.2) is 24.9 Å². The van der Waals surface area contributed by atoms with E-state index in [2.05, 4.69) is 16.0 Å². The number of carbonyl (C=O) groups excluding carboxylic acids is 2. The highest BCUT2D eigenvalue weighted by molar-refractivity contribution is 6.35. The molecule has 2 rings (SSSR count). The fraction of sp³-hybridized carbons (Fsp3) is 0.263. The monoisotopic (exact) mass is 393 g/mol. The van der Waals surface area contributed by atoms with Crippen LogP contribution in [-0.2, 0) is 4.79 Å². The predicted octanol–water partition coefficient (Wildman–Crippen LogP) is 4.03. The second-order valence-electron chi connectivity index (χ2n) is 5.76. The van der Waals surface area contributed by atoms with E-state index in [1.807, 2.05) is 19.9 Å². The predicted molar refractivity (Wildman–Crippen MR) is 106 cm³/mol. The Morgan fingerprint density at radius 3 is 2.58 bits per heavy atom. The van der Waals surface area contributed by atoms with Gasteiger partial charge in [0.25, 0.3) is 5.91 Å². The lowest BCUT2D eigenvalue weighted by Crippen LogP contribution is -2.30. The lowest BCUT2D eigenvalue weighted by molar-refractivity contribution is -0.115. The Kier molecular flexibility index (Phi) is 7.45. The van der Waals surface area contributed by atoms with Gasteiger partial charge in [0.15, 0.2) is 0 Å². The molecule has 0 aliphatic rings. The van der Waals surface area contributed by atoms with Crippen LogP contribution in [0.25, 0.3) is 0 Å². The van der Waals surface area contributed by atoms with Crippen LogP contribution < -0.4 is 16.0 Å². The van der Waals surface area contributed by atoms with Crippen molar-refractivity contribution in [3.63, 3.8) is 0 Å². The molecule has 0 aliphatic carbocycles. The number of halogens is 2. The van der Waals surface area contributed by atoms with Gasteiger partial charge in [-0.1, -0.05) is 35.3 Å². The van der Waals surface area contributed by atoms with Crippen LogP contribution in [0.15, 0.2) is 42.5 Å². The number of amides is 2. The molecule has 0 heterocycles. The molecule has 0 bridgehead atoms. The zero-order chi connectivity index (χ0) is 19.1. The van der Waals surface area contributed by atoms with Crippen molar-refractivity contribution in [1.82, 2.24) is 10.6 Å². The summed E-state index contributed by atoms with van der Waals surface area (Å²) in [5.41, 5.74) is 1.93. The fourth-order valence-corrected chi connectivity index (χ4v) is 2.99. The van der Waals surface area contributed by atoms with Gasteiger partial charge in [0.1, 0.15) is 0 Å². The van der Waals surface area contributed by atoms with Gasteiger partial charge in [-0.25, -0.2) is 0 Å². The summed E-state index contributed by atoms with van der Waals surface area (Å²) in [6.07, 6.45) is 0. The van der Waals surface area contributed by atoms with Crippen LogP contribution in [0.4, 0.5) is 5.69 Å². The number of rotatable bonds is 7. The molecule has 0 saturated carbocycles. The number of hydrogen-bond donors (Lipinski definition) is 3. The molecule has 138 valence electrons. The van der Waals surface area contributed by atoms with Gasteiger partial charge >= 0.3 is 0 Å². The zero-order valence-corrected chi connectivity index (χ0v) is 16.1. The Bertz CT molecular complexity index is 796. The zero-order valence-electron chi connectivity index (χ0n) is 14.6. The Balaban J connectivity index is 1.92. The van der Waals surface area contributed by atoms with Crippen LogP contribution in [0.3, 0.4) is 0 Å². The maximum atomic E-state index is 12.2. The highest BCUT2D eigenvalue weighted by Crippen LogP contribution is 2.25. The minimum Gasteiger partial charge on any atom is -0.352 e. The third-order valence-electron chi connectivity index (χ3n) is 3.74. The van der Waals surface area contributed by atoms with Gasteiger partial charge in [0.05, 0.1) is 6.54 Å². The summed E-state index contributed by atoms with van der Waals surface area (Å²) in [6.45, 7) is 4.41. The van der Waals surface area contributed by atoms with E-state index in [4.69, 9.17) is 23.2 Å². The third kappa shape index (κ3) is 5.73. The van der Waals surface area contributed by atoms with E-state index < -0.39 is 0 Å². The smallest absolute Gasteiger partial charge is 0.251 e. The number of nitrogens with one attached hydrogen (secondary N) is 3. The molecule has 3 N–H and O–H groups in total. The molecule has 0 aliphatic heterocycles. The van der Waals surface area contributed by atoms with E-state index in [0.717, 1.165) is 5.56 Å². The van der Waals surface area contributed by atoms with Crippen molar-refractivity contribution in [1.29, 1.82) is 0 Å². The highest BCUT2D eigenvalue weighted by atomic mass is 35.5. The van der Waals surface area contributed by atoms with Gasteiger partial charge in [0, 0.05) is 33.9 Å². The van der Waals surface area contributed by atoms with Gasteiger partial charge in [-0.2, -0.15) is 0 Å². The van der Waals surface area contributed by atoms with E-state index in [9.17, 15) is 9.59 Å². The van der Waals surface area contributed by atoms with Crippen molar-refractivity contribution in [3.8, 4) is 0 Å². The topological polar surface area (TPSA) is 70.2 Å². The third-order valence-corrected chi connectivity index (χ3v) is 4.31. The number of hydrogen-bond acceptors (Lipinski definition) is 3. The molecule has 0 radical (unpaired) electrons. The normalized spacial score (nSPS) is 11.7. The number of anilines is 1. The minimum atomic E-state index is -0.213. The molecule has 0 saturated heterocycles. The van der Waals surface area contributed by atoms with E-state index in [1.54, 1.807) is 36.4 Å². The largest absolute Gasteiger partial charge is 0.352 e. The summed E-state index contributed by atoms with van der Waals surface area (Å²) >= 11 is 12.1. The first-order valence-electron chi connectivity index (χ1n) is 8.27. The van der Waals surface area contributed by atoms with Crippen LogP contribution in [0.2, 0.25) is 10.0 Å². The van der Waals surface area contributed by atoms with Gasteiger partial charge in [-0.05, 0) is 49.7 Å². The summed E-state index contributed by atoms with van der Waals surface area (Å²) in [5, 5.41) is 9.73. The maximum Gasteiger partial charge on any atom is 0.251 e. The summed E-state index contributed by atoms with van der Waals surface area (Å²) in [6, 6.07) is 11.9. The average Bonchev–Trinajstić information content (AvgIpc) is 2.60. The second-order valence-corrected chi connectivity index (χ2v) is 6.60. The summed E-state index contributed by atoms with van der Waals surface area (Å²) in [7, 11) is 0. The molecular formula is C19H21Cl2N3O2. The fourth-order valence-electron chi connectivity index (χ4n) is 2.41. The van der Waals surface area contributed by atoms with Crippen LogP contribution in [0, 0.1) is 0 Å². The Morgan fingerprint density at radius 1 is 1.12 bits per heavy atom. The first-order chi connectivity index (χ1) is 12.4. The van der Waals surface area contributed by atoms with Crippen LogP contribution >= 0.6 is 23.2 Å². The van der Waals surface area contributed by atoms with Crippen LogP contribution in [0.5, 0.6) is 0 Å². The summed E-state index contributed by atoms with van der Waals surface area (Å²) in [5.74, 6) is -0.386. The molecule has 1 unspecified atom stereocenters. The lowest BCUT2D eigenvalue weighted by atomic mass is 10.1. The van der Waals surface area contributed by atoms with E-state index >= 15 is 0 Å². The van der Waals surface area contributed by atoms with Crippen molar-refractivity contribution in [3.05, 3.63) is 63.6 Å². The molecule has 26 heavy (non-hydrogen) atoms. The number of carbonyl (C=O) groups is 2. The average molecular weight is 394 g/mol.